The van der Waals surface area contributed by atoms with Crippen molar-refractivity contribution < 1.29 is 52.5 Å². The van der Waals surface area contributed by atoms with Crippen molar-refractivity contribution in [2.75, 3.05) is 6.54 Å². The van der Waals surface area contributed by atoms with Crippen LogP contribution in [-0.4, -0.2) is 105 Å². The Morgan fingerprint density at radius 2 is 1.30 bits per heavy atom. The number of likely N-dealkylation sites (tertiary alicyclic amines) is 1. The molecule has 0 aliphatic carbocycles. The molecule has 1 heterocycles. The number of aryl methyl sites for hydroxylation is 1. The monoisotopic (exact) mass is 761 g/mol. The van der Waals surface area contributed by atoms with Crippen molar-refractivity contribution in [1.82, 2.24) is 15.1 Å². The summed E-state index contributed by atoms with van der Waals surface area (Å²) in [6.07, 6.45) is -2.07. The van der Waals surface area contributed by atoms with E-state index in [1.807, 2.05) is 30.3 Å². The van der Waals surface area contributed by atoms with Gasteiger partial charge in [-0.3, -0.25) is 9.69 Å². The van der Waals surface area contributed by atoms with Crippen LogP contribution in [0.5, 0.6) is 0 Å². The highest BCUT2D eigenvalue weighted by molar-refractivity contribution is 5.92. The fourth-order valence-corrected chi connectivity index (χ4v) is 5.69. The van der Waals surface area contributed by atoms with Crippen molar-refractivity contribution >= 4 is 36.0 Å². The SMILES string of the molecule is C[C@@H](OC(=O)[C@H](CCc1ccccc1)N(C(=O)OC(C)(C)C)[C@@H](C)C(=O)N1CCC[C@H]1C(=O)OC(C)(C)C)[C@H](NC(=O)OC(C)(C)C)C(=O)OC(C)(C)C. The quantitative estimate of drug-likeness (QED) is 0.193. The summed E-state index contributed by atoms with van der Waals surface area (Å²) in [6, 6.07) is 4.09. The van der Waals surface area contributed by atoms with E-state index in [1.165, 1.54) is 18.7 Å². The summed E-state index contributed by atoms with van der Waals surface area (Å²) in [4.78, 5) is 84.8. The lowest BCUT2D eigenvalue weighted by molar-refractivity contribution is -0.169. The standard InChI is InChI=1S/C40H63N3O11/c1-25(31(44)42-24-18-21-28(42)33(46)51-37(3,4)5)43(36(49)54-40(12,13)14)29(23-22-27-19-16-15-17-20-27)32(45)50-26(2)30(34(47)52-38(6,7)8)41-35(48)53-39(9,10)11/h15-17,19-20,25-26,28-30H,18,21-24H2,1-14H3,(H,41,48)/t25-,26+,28-,29-,30-/m0/s1. The molecule has 1 fully saturated rings. The van der Waals surface area contributed by atoms with Crippen LogP contribution in [0.2, 0.25) is 0 Å². The zero-order chi connectivity index (χ0) is 41.4. The van der Waals surface area contributed by atoms with Crippen molar-refractivity contribution in [2.45, 2.75) is 175 Å². The Bertz CT molecular complexity index is 1470. The molecule has 5 atom stereocenters. The van der Waals surface area contributed by atoms with Gasteiger partial charge in [0.2, 0.25) is 5.91 Å². The molecule has 0 saturated carbocycles. The molecule has 304 valence electrons. The van der Waals surface area contributed by atoms with Gasteiger partial charge in [-0.05, 0) is 128 Å². The Morgan fingerprint density at radius 3 is 1.81 bits per heavy atom. The second-order valence-electron chi connectivity index (χ2n) is 17.6. The lowest BCUT2D eigenvalue weighted by atomic mass is 10.0. The van der Waals surface area contributed by atoms with Crippen molar-refractivity contribution in [1.29, 1.82) is 0 Å². The fraction of sp³-hybridized carbons (Fsp3) is 0.700. The number of amides is 3. The average molecular weight is 762 g/mol. The van der Waals surface area contributed by atoms with Gasteiger partial charge in [0, 0.05) is 6.54 Å². The summed E-state index contributed by atoms with van der Waals surface area (Å²) in [5.41, 5.74) is -2.83. The molecule has 1 aromatic rings. The lowest BCUT2D eigenvalue weighted by Gasteiger charge is -2.38. The van der Waals surface area contributed by atoms with Crippen LogP contribution in [0.4, 0.5) is 9.59 Å². The van der Waals surface area contributed by atoms with Crippen LogP contribution in [0.1, 0.15) is 122 Å². The number of nitrogens with one attached hydrogen (secondary N) is 1. The fourth-order valence-electron chi connectivity index (χ4n) is 5.69. The minimum atomic E-state index is -1.51. The van der Waals surface area contributed by atoms with E-state index >= 15 is 0 Å². The van der Waals surface area contributed by atoms with Gasteiger partial charge in [0.05, 0.1) is 0 Å². The maximum absolute atomic E-state index is 14.4. The van der Waals surface area contributed by atoms with E-state index in [4.69, 9.17) is 23.7 Å². The van der Waals surface area contributed by atoms with Crippen LogP contribution in [0, 0.1) is 0 Å². The first-order valence-electron chi connectivity index (χ1n) is 18.6. The van der Waals surface area contributed by atoms with Crippen molar-refractivity contribution in [3.05, 3.63) is 35.9 Å². The molecular weight excluding hydrogens is 698 g/mol. The molecule has 1 aliphatic heterocycles. The maximum Gasteiger partial charge on any atom is 0.411 e. The molecule has 1 saturated heterocycles. The second kappa shape index (κ2) is 18.3. The first-order valence-corrected chi connectivity index (χ1v) is 18.6. The Hall–Kier alpha value is -4.36. The van der Waals surface area contributed by atoms with Crippen LogP contribution in [-0.2, 0) is 49.3 Å². The molecule has 0 radical (unpaired) electrons. The summed E-state index contributed by atoms with van der Waals surface area (Å²) in [6.45, 7) is 23.2. The Kier molecular flexibility index (Phi) is 15.5. The number of ether oxygens (including phenoxy) is 5. The highest BCUT2D eigenvalue weighted by atomic mass is 16.6. The number of esters is 3. The number of rotatable bonds is 12. The Balaban J connectivity index is 2.61. The van der Waals surface area contributed by atoms with Crippen LogP contribution < -0.4 is 5.32 Å². The van der Waals surface area contributed by atoms with Crippen molar-refractivity contribution in [3.63, 3.8) is 0 Å². The Labute approximate surface area is 320 Å². The van der Waals surface area contributed by atoms with Crippen LogP contribution in [0.15, 0.2) is 30.3 Å². The third kappa shape index (κ3) is 15.2. The van der Waals surface area contributed by atoms with Crippen LogP contribution in [0.3, 0.4) is 0 Å². The molecule has 2 rings (SSSR count). The van der Waals surface area contributed by atoms with Crippen LogP contribution in [0.25, 0.3) is 0 Å². The predicted molar refractivity (Wildman–Crippen MR) is 201 cm³/mol. The van der Waals surface area contributed by atoms with Gasteiger partial charge in [0.1, 0.15) is 46.6 Å². The predicted octanol–water partition coefficient (Wildman–Crippen LogP) is 6.11. The number of carbonyl (C=O) groups excluding carboxylic acids is 6. The van der Waals surface area contributed by atoms with Gasteiger partial charge in [0.15, 0.2) is 6.04 Å². The zero-order valence-corrected chi connectivity index (χ0v) is 34.7. The van der Waals surface area contributed by atoms with E-state index in [-0.39, 0.29) is 19.4 Å². The van der Waals surface area contributed by atoms with Crippen molar-refractivity contribution in [3.8, 4) is 0 Å². The van der Waals surface area contributed by atoms with E-state index in [1.54, 1.807) is 83.1 Å². The number of nitrogens with zero attached hydrogens (tertiary/aromatic N) is 2. The molecule has 0 bridgehead atoms. The smallest absolute Gasteiger partial charge is 0.411 e. The van der Waals surface area contributed by atoms with Gasteiger partial charge in [0.25, 0.3) is 0 Å². The summed E-state index contributed by atoms with van der Waals surface area (Å²) in [7, 11) is 0. The minimum absolute atomic E-state index is 0.0154. The second-order valence-corrected chi connectivity index (χ2v) is 17.6. The number of alkyl carbamates (subject to hydrolysis) is 1. The topological polar surface area (TPSA) is 167 Å². The molecule has 14 nitrogen and oxygen atoms in total. The normalized spacial score (nSPS) is 17.3. The summed E-state index contributed by atoms with van der Waals surface area (Å²) >= 11 is 0. The highest BCUT2D eigenvalue weighted by Crippen LogP contribution is 2.27. The lowest BCUT2D eigenvalue weighted by Crippen LogP contribution is -2.59. The zero-order valence-electron chi connectivity index (χ0n) is 34.7. The number of hydrogen-bond donors (Lipinski definition) is 1. The molecule has 0 unspecified atom stereocenters. The van der Waals surface area contributed by atoms with E-state index in [9.17, 15) is 28.8 Å². The molecule has 3 amide bonds. The molecule has 0 aromatic heterocycles. The summed E-state index contributed by atoms with van der Waals surface area (Å²) in [5.74, 6) is -3.00. The third-order valence-electron chi connectivity index (χ3n) is 7.86. The molecule has 1 N–H and O–H groups in total. The van der Waals surface area contributed by atoms with Gasteiger partial charge in [-0.1, -0.05) is 30.3 Å². The van der Waals surface area contributed by atoms with Gasteiger partial charge in [-0.15, -0.1) is 0 Å². The molecular formula is C40H63N3O11. The molecule has 54 heavy (non-hydrogen) atoms. The summed E-state index contributed by atoms with van der Waals surface area (Å²) in [5, 5.41) is 2.47. The average Bonchev–Trinajstić information content (AvgIpc) is 3.48. The maximum atomic E-state index is 14.4. The van der Waals surface area contributed by atoms with Gasteiger partial charge < -0.3 is 33.9 Å². The Morgan fingerprint density at radius 1 is 0.759 bits per heavy atom. The summed E-state index contributed by atoms with van der Waals surface area (Å²) < 4.78 is 28.2. The number of hydrogen-bond acceptors (Lipinski definition) is 11. The molecule has 1 aromatic carbocycles. The minimum Gasteiger partial charge on any atom is -0.458 e. The van der Waals surface area contributed by atoms with E-state index in [0.717, 1.165) is 10.5 Å². The first kappa shape index (κ1) is 45.8. The van der Waals surface area contributed by atoms with Gasteiger partial charge in [-0.2, -0.15) is 0 Å². The largest absolute Gasteiger partial charge is 0.458 e. The van der Waals surface area contributed by atoms with E-state index in [0.29, 0.717) is 12.8 Å². The van der Waals surface area contributed by atoms with Crippen LogP contribution >= 0.6 is 0 Å². The third-order valence-corrected chi connectivity index (χ3v) is 7.86. The van der Waals surface area contributed by atoms with Gasteiger partial charge >= 0.3 is 30.1 Å². The number of benzene rings is 1. The van der Waals surface area contributed by atoms with Gasteiger partial charge in [-0.25, -0.2) is 24.0 Å². The molecule has 1 aliphatic rings. The molecule has 0 spiro atoms. The molecule has 14 heteroatoms. The van der Waals surface area contributed by atoms with E-state index in [2.05, 4.69) is 5.32 Å². The highest BCUT2D eigenvalue weighted by Gasteiger charge is 2.46. The van der Waals surface area contributed by atoms with E-state index < -0.39 is 88.7 Å². The first-order chi connectivity index (χ1) is 24.6. The van der Waals surface area contributed by atoms with Crippen molar-refractivity contribution in [2.24, 2.45) is 0 Å². The number of carbonyl (C=O) groups is 6.